The summed E-state index contributed by atoms with van der Waals surface area (Å²) in [5.74, 6) is 0.263. The molecule has 116 valence electrons. The summed E-state index contributed by atoms with van der Waals surface area (Å²) in [5.41, 5.74) is 0. The number of anilines is 1. The maximum absolute atomic E-state index is 13.0. The van der Waals surface area contributed by atoms with E-state index in [2.05, 4.69) is 33.6 Å². The van der Waals surface area contributed by atoms with Gasteiger partial charge in [-0.1, -0.05) is 0 Å². The first kappa shape index (κ1) is 14.7. The van der Waals surface area contributed by atoms with Crippen molar-refractivity contribution >= 4 is 5.95 Å². The smallest absolute Gasteiger partial charge is 0.225 e. The average molecular weight is 294 g/mol. The molecule has 1 aromatic rings. The van der Waals surface area contributed by atoms with Gasteiger partial charge >= 0.3 is 0 Å². The highest BCUT2D eigenvalue weighted by Crippen LogP contribution is 2.24. The molecule has 3 atom stereocenters. The molecule has 2 aliphatic heterocycles. The Morgan fingerprint density at radius 2 is 1.90 bits per heavy atom. The van der Waals surface area contributed by atoms with Gasteiger partial charge in [0.2, 0.25) is 5.95 Å². The maximum Gasteiger partial charge on any atom is 0.225 e. The lowest BCUT2D eigenvalue weighted by Crippen LogP contribution is -2.50. The van der Waals surface area contributed by atoms with Crippen LogP contribution in [0.15, 0.2) is 12.4 Å². The molecule has 21 heavy (non-hydrogen) atoms. The van der Waals surface area contributed by atoms with Crippen LogP contribution in [-0.4, -0.2) is 59.3 Å². The molecule has 0 bridgehead atoms. The first-order chi connectivity index (χ1) is 10.1. The Morgan fingerprint density at radius 3 is 2.57 bits per heavy atom. The van der Waals surface area contributed by atoms with E-state index in [1.165, 1.54) is 12.4 Å². The van der Waals surface area contributed by atoms with Crippen LogP contribution in [0.25, 0.3) is 0 Å². The van der Waals surface area contributed by atoms with Gasteiger partial charge in [0.15, 0.2) is 5.82 Å². The van der Waals surface area contributed by atoms with Crippen LogP contribution in [0.2, 0.25) is 0 Å². The van der Waals surface area contributed by atoms with Gasteiger partial charge in [0.1, 0.15) is 0 Å². The third-order valence-electron chi connectivity index (χ3n) is 4.20. The molecule has 3 heterocycles. The molecule has 3 unspecified atom stereocenters. The minimum Gasteiger partial charge on any atom is -0.373 e. The normalized spacial score (nSPS) is 30.8. The fourth-order valence-electron chi connectivity index (χ4n) is 3.47. The summed E-state index contributed by atoms with van der Waals surface area (Å²) in [6.45, 7) is 8.14. The summed E-state index contributed by atoms with van der Waals surface area (Å²) >= 11 is 0. The molecule has 2 aliphatic rings. The first-order valence-electron chi connectivity index (χ1n) is 7.74. The Labute approximate surface area is 125 Å². The topological polar surface area (TPSA) is 41.5 Å². The van der Waals surface area contributed by atoms with Crippen molar-refractivity contribution in [1.29, 1.82) is 0 Å². The molecule has 0 N–H and O–H groups in total. The van der Waals surface area contributed by atoms with Crippen LogP contribution in [0.5, 0.6) is 0 Å². The lowest BCUT2D eigenvalue weighted by molar-refractivity contribution is -0.0690. The van der Waals surface area contributed by atoms with Gasteiger partial charge in [-0.25, -0.2) is 14.4 Å². The van der Waals surface area contributed by atoms with Crippen LogP contribution in [0.3, 0.4) is 0 Å². The summed E-state index contributed by atoms with van der Waals surface area (Å²) in [7, 11) is 0. The van der Waals surface area contributed by atoms with Gasteiger partial charge in [-0.05, 0) is 26.7 Å². The van der Waals surface area contributed by atoms with E-state index in [0.717, 1.165) is 39.0 Å². The monoisotopic (exact) mass is 294 g/mol. The number of aromatic nitrogens is 2. The van der Waals surface area contributed by atoms with E-state index in [0.29, 0.717) is 12.0 Å². The number of morpholine rings is 1. The Kier molecular flexibility index (Phi) is 4.35. The van der Waals surface area contributed by atoms with E-state index < -0.39 is 0 Å². The van der Waals surface area contributed by atoms with E-state index >= 15 is 0 Å². The van der Waals surface area contributed by atoms with Crippen LogP contribution in [0, 0.1) is 5.82 Å². The van der Waals surface area contributed by atoms with Crippen molar-refractivity contribution in [2.75, 3.05) is 31.1 Å². The molecule has 0 saturated carbocycles. The predicted octanol–water partition coefficient (Wildman–Crippen LogP) is 1.69. The van der Waals surface area contributed by atoms with Gasteiger partial charge in [-0.3, -0.25) is 4.90 Å². The van der Waals surface area contributed by atoms with Gasteiger partial charge in [0.05, 0.1) is 24.6 Å². The Hall–Kier alpha value is -1.27. The molecule has 2 saturated heterocycles. The second-order valence-electron chi connectivity index (χ2n) is 6.17. The molecule has 6 heteroatoms. The molecule has 0 aliphatic carbocycles. The summed E-state index contributed by atoms with van der Waals surface area (Å²) in [6.07, 6.45) is 5.34. The van der Waals surface area contributed by atoms with Crippen LogP contribution < -0.4 is 4.90 Å². The highest BCUT2D eigenvalue weighted by Gasteiger charge is 2.31. The van der Waals surface area contributed by atoms with Crippen molar-refractivity contribution in [3.05, 3.63) is 18.2 Å². The Bertz CT molecular complexity index is 459. The van der Waals surface area contributed by atoms with Crippen molar-refractivity contribution in [3.63, 3.8) is 0 Å². The molecule has 1 aromatic heterocycles. The standard InChI is InChI=1S/C15H23FN4O/c1-11-8-19(9-12(2)21-11)10-14-4-3-5-20(14)15-17-6-13(16)7-18-15/h6-7,11-12,14H,3-5,8-10H2,1-2H3. The van der Waals surface area contributed by atoms with Crippen LogP contribution >= 0.6 is 0 Å². The average Bonchev–Trinajstić information content (AvgIpc) is 2.86. The second kappa shape index (κ2) is 6.23. The van der Waals surface area contributed by atoms with Crippen molar-refractivity contribution in [3.8, 4) is 0 Å². The fraction of sp³-hybridized carbons (Fsp3) is 0.733. The molecule has 2 fully saturated rings. The Balaban J connectivity index is 1.65. The third-order valence-corrected chi connectivity index (χ3v) is 4.20. The van der Waals surface area contributed by atoms with Crippen molar-refractivity contribution in [2.45, 2.75) is 44.9 Å². The van der Waals surface area contributed by atoms with E-state index in [4.69, 9.17) is 4.74 Å². The maximum atomic E-state index is 13.0. The molecular formula is C15H23FN4O. The zero-order valence-corrected chi connectivity index (χ0v) is 12.7. The summed E-state index contributed by atoms with van der Waals surface area (Å²) in [5, 5.41) is 0. The number of hydrogen-bond donors (Lipinski definition) is 0. The van der Waals surface area contributed by atoms with E-state index in [1.54, 1.807) is 0 Å². The SMILES string of the molecule is CC1CN(CC2CCCN2c2ncc(F)cn2)CC(C)O1. The Morgan fingerprint density at radius 1 is 1.24 bits per heavy atom. The predicted molar refractivity (Wildman–Crippen MR) is 78.8 cm³/mol. The minimum absolute atomic E-state index is 0.283. The lowest BCUT2D eigenvalue weighted by atomic mass is 10.1. The number of hydrogen-bond acceptors (Lipinski definition) is 5. The molecule has 3 rings (SSSR count). The quantitative estimate of drug-likeness (QED) is 0.848. The second-order valence-corrected chi connectivity index (χ2v) is 6.17. The minimum atomic E-state index is -0.384. The molecule has 0 amide bonds. The van der Waals surface area contributed by atoms with Crippen molar-refractivity contribution < 1.29 is 9.13 Å². The van der Waals surface area contributed by atoms with Gasteiger partial charge in [-0.2, -0.15) is 0 Å². The lowest BCUT2D eigenvalue weighted by Gasteiger charge is -2.38. The molecule has 0 aromatic carbocycles. The number of rotatable bonds is 3. The highest BCUT2D eigenvalue weighted by atomic mass is 19.1. The van der Waals surface area contributed by atoms with Gasteiger partial charge < -0.3 is 9.64 Å². The summed E-state index contributed by atoms with van der Waals surface area (Å²) in [4.78, 5) is 12.9. The molecule has 0 radical (unpaired) electrons. The van der Waals surface area contributed by atoms with Crippen molar-refractivity contribution in [2.24, 2.45) is 0 Å². The summed E-state index contributed by atoms with van der Waals surface area (Å²) < 4.78 is 18.7. The summed E-state index contributed by atoms with van der Waals surface area (Å²) in [6, 6.07) is 0.410. The van der Waals surface area contributed by atoms with E-state index in [-0.39, 0.29) is 18.0 Å². The van der Waals surface area contributed by atoms with E-state index in [9.17, 15) is 4.39 Å². The number of ether oxygens (including phenoxy) is 1. The fourth-order valence-corrected chi connectivity index (χ4v) is 3.47. The number of nitrogens with zero attached hydrogens (tertiary/aromatic N) is 4. The van der Waals surface area contributed by atoms with Crippen molar-refractivity contribution in [1.82, 2.24) is 14.9 Å². The van der Waals surface area contributed by atoms with Gasteiger partial charge in [-0.15, -0.1) is 0 Å². The highest BCUT2D eigenvalue weighted by molar-refractivity contribution is 5.32. The zero-order valence-electron chi connectivity index (χ0n) is 12.7. The van der Waals surface area contributed by atoms with Crippen LogP contribution in [0.4, 0.5) is 10.3 Å². The van der Waals surface area contributed by atoms with Gasteiger partial charge in [0, 0.05) is 32.2 Å². The van der Waals surface area contributed by atoms with Crippen LogP contribution in [0.1, 0.15) is 26.7 Å². The van der Waals surface area contributed by atoms with Crippen LogP contribution in [-0.2, 0) is 4.74 Å². The van der Waals surface area contributed by atoms with Gasteiger partial charge in [0.25, 0.3) is 0 Å². The number of halogens is 1. The molecule has 0 spiro atoms. The zero-order chi connectivity index (χ0) is 14.8. The first-order valence-corrected chi connectivity index (χ1v) is 7.74. The third kappa shape index (κ3) is 3.49. The molecular weight excluding hydrogens is 271 g/mol. The molecule has 5 nitrogen and oxygen atoms in total. The largest absolute Gasteiger partial charge is 0.373 e. The van der Waals surface area contributed by atoms with E-state index in [1.807, 2.05) is 0 Å².